The maximum Gasteiger partial charge on any atom is 0.0991 e. The Bertz CT molecular complexity index is 460. The summed E-state index contributed by atoms with van der Waals surface area (Å²) < 4.78 is 0.365. The lowest BCUT2D eigenvalue weighted by Crippen LogP contribution is -2.37. The van der Waals surface area contributed by atoms with Crippen LogP contribution >= 0.6 is 11.8 Å². The van der Waals surface area contributed by atoms with Gasteiger partial charge in [0.1, 0.15) is 0 Å². The smallest absolute Gasteiger partial charge is 0.0991 e. The van der Waals surface area contributed by atoms with Crippen LogP contribution in [0.15, 0.2) is 24.3 Å². The van der Waals surface area contributed by atoms with E-state index in [9.17, 15) is 5.11 Å². The van der Waals surface area contributed by atoms with Gasteiger partial charge < -0.3 is 10.4 Å². The molecule has 1 aliphatic carbocycles. The maximum absolute atomic E-state index is 10.2. The van der Waals surface area contributed by atoms with Gasteiger partial charge in [-0.25, -0.2) is 0 Å². The first-order valence-electron chi connectivity index (χ1n) is 7.13. The van der Waals surface area contributed by atoms with Crippen LogP contribution < -0.4 is 5.32 Å². The van der Waals surface area contributed by atoms with Gasteiger partial charge in [-0.3, -0.25) is 0 Å². The minimum Gasteiger partial charge on any atom is -0.387 e. The van der Waals surface area contributed by atoms with E-state index in [2.05, 4.69) is 17.6 Å². The molecule has 0 heterocycles. The van der Waals surface area contributed by atoms with Crippen LogP contribution in [0.5, 0.6) is 0 Å². The van der Waals surface area contributed by atoms with E-state index in [0.717, 1.165) is 12.1 Å². The fraction of sp³-hybridized carbons (Fsp3) is 0.562. The Hall–Kier alpha value is -1.02. The molecule has 0 aliphatic heterocycles. The van der Waals surface area contributed by atoms with E-state index in [1.54, 1.807) is 12.1 Å². The lowest BCUT2D eigenvalue weighted by atomic mass is 10.1. The molecule has 1 aromatic carbocycles. The normalized spacial score (nSPS) is 18.6. The number of nitrogens with zero attached hydrogens (tertiary/aromatic N) is 1. The van der Waals surface area contributed by atoms with Gasteiger partial charge in [-0.05, 0) is 36.8 Å². The molecule has 1 fully saturated rings. The topological polar surface area (TPSA) is 56.0 Å². The summed E-state index contributed by atoms with van der Waals surface area (Å²) in [4.78, 5) is 0. The molecule has 0 bridgehead atoms. The van der Waals surface area contributed by atoms with Crippen LogP contribution in [0.2, 0.25) is 0 Å². The molecule has 1 aliphatic rings. The predicted molar refractivity (Wildman–Crippen MR) is 83.7 cm³/mol. The average molecular weight is 290 g/mol. The molecule has 1 aromatic rings. The monoisotopic (exact) mass is 290 g/mol. The summed E-state index contributed by atoms with van der Waals surface area (Å²) in [5.41, 5.74) is 1.49. The molecule has 0 spiro atoms. The number of nitriles is 1. The molecule has 4 heteroatoms. The molecule has 108 valence electrons. The fourth-order valence-electron chi connectivity index (χ4n) is 2.81. The third-order valence-electron chi connectivity index (χ3n) is 4.16. The summed E-state index contributed by atoms with van der Waals surface area (Å²) in [7, 11) is 0. The van der Waals surface area contributed by atoms with Gasteiger partial charge in [0.25, 0.3) is 0 Å². The van der Waals surface area contributed by atoms with Gasteiger partial charge in [-0.15, -0.1) is 0 Å². The first-order chi connectivity index (χ1) is 9.69. The van der Waals surface area contributed by atoms with Gasteiger partial charge in [-0.2, -0.15) is 17.0 Å². The van der Waals surface area contributed by atoms with Crippen LogP contribution in [0.4, 0.5) is 0 Å². The summed E-state index contributed by atoms with van der Waals surface area (Å²) >= 11 is 1.95. The van der Waals surface area contributed by atoms with Gasteiger partial charge in [-0.1, -0.05) is 25.0 Å². The Balaban J connectivity index is 1.82. The average Bonchev–Trinajstić information content (AvgIpc) is 2.96. The van der Waals surface area contributed by atoms with Crippen molar-refractivity contribution in [2.75, 3.05) is 19.3 Å². The van der Waals surface area contributed by atoms with Crippen LogP contribution in [-0.2, 0) is 0 Å². The zero-order valence-corrected chi connectivity index (χ0v) is 12.7. The number of aliphatic hydroxyl groups excluding tert-OH is 1. The van der Waals surface area contributed by atoms with Gasteiger partial charge in [0, 0.05) is 17.8 Å². The van der Waals surface area contributed by atoms with Crippen molar-refractivity contribution in [2.24, 2.45) is 0 Å². The first kappa shape index (κ1) is 15.4. The third kappa shape index (κ3) is 3.76. The van der Waals surface area contributed by atoms with Gasteiger partial charge in [0.2, 0.25) is 0 Å². The van der Waals surface area contributed by atoms with Crippen LogP contribution in [0, 0.1) is 11.3 Å². The van der Waals surface area contributed by atoms with Crippen molar-refractivity contribution in [2.45, 2.75) is 36.5 Å². The summed E-state index contributed by atoms with van der Waals surface area (Å²) in [5.74, 6) is 0. The van der Waals surface area contributed by atoms with Crippen molar-refractivity contribution >= 4 is 11.8 Å². The van der Waals surface area contributed by atoms with Crippen molar-refractivity contribution in [3.8, 4) is 6.07 Å². The van der Waals surface area contributed by atoms with Crippen LogP contribution in [-0.4, -0.2) is 29.2 Å². The second-order valence-electron chi connectivity index (χ2n) is 5.47. The summed E-state index contributed by atoms with van der Waals surface area (Å²) in [6.45, 7) is 1.52. The molecular formula is C16H22N2OS. The Labute approximate surface area is 125 Å². The third-order valence-corrected chi connectivity index (χ3v) is 5.58. The minimum absolute atomic E-state index is 0.365. The predicted octanol–water partition coefficient (Wildman–Crippen LogP) is 2.86. The standard InChI is InChI=1S/C16H22N2OS/c1-20-16(8-2-3-9-16)12-18-11-15(19)14-6-4-13(10-17)5-7-14/h4-7,15,18-19H,2-3,8-9,11-12H2,1H3. The van der Waals surface area contributed by atoms with E-state index in [1.807, 2.05) is 23.9 Å². The number of aliphatic hydroxyl groups is 1. The second kappa shape index (κ2) is 7.12. The SMILES string of the molecule is CSC1(CNCC(O)c2ccc(C#N)cc2)CCCC1. The highest BCUT2D eigenvalue weighted by molar-refractivity contribution is 8.00. The Morgan fingerprint density at radius 1 is 1.35 bits per heavy atom. The first-order valence-corrected chi connectivity index (χ1v) is 8.35. The van der Waals surface area contributed by atoms with E-state index in [-0.39, 0.29) is 0 Å². The highest BCUT2D eigenvalue weighted by Crippen LogP contribution is 2.39. The van der Waals surface area contributed by atoms with Crippen molar-refractivity contribution in [1.29, 1.82) is 5.26 Å². The molecule has 2 N–H and O–H groups in total. The molecule has 20 heavy (non-hydrogen) atoms. The largest absolute Gasteiger partial charge is 0.387 e. The van der Waals surface area contributed by atoms with Gasteiger partial charge in [0.05, 0.1) is 17.7 Å². The maximum atomic E-state index is 10.2. The van der Waals surface area contributed by atoms with E-state index >= 15 is 0 Å². The molecule has 0 radical (unpaired) electrons. The summed E-state index contributed by atoms with van der Waals surface area (Å²) in [5, 5.41) is 22.3. The summed E-state index contributed by atoms with van der Waals surface area (Å²) in [6, 6.07) is 9.23. The zero-order valence-electron chi connectivity index (χ0n) is 11.9. The highest BCUT2D eigenvalue weighted by Gasteiger charge is 2.32. The van der Waals surface area contributed by atoms with Crippen LogP contribution in [0.3, 0.4) is 0 Å². The number of nitrogens with one attached hydrogen (secondary N) is 1. The van der Waals surface area contributed by atoms with Crippen LogP contribution in [0.1, 0.15) is 42.9 Å². The van der Waals surface area contributed by atoms with E-state index in [1.165, 1.54) is 25.7 Å². The van der Waals surface area contributed by atoms with Crippen molar-refractivity contribution in [1.82, 2.24) is 5.32 Å². The number of hydrogen-bond donors (Lipinski definition) is 2. The molecule has 2 rings (SSSR count). The fourth-order valence-corrected chi connectivity index (χ4v) is 3.75. The number of rotatable bonds is 6. The molecule has 1 atom stereocenters. The molecule has 0 saturated heterocycles. The molecule has 3 nitrogen and oxygen atoms in total. The Kier molecular flexibility index (Phi) is 5.47. The van der Waals surface area contributed by atoms with Gasteiger partial charge in [0.15, 0.2) is 0 Å². The van der Waals surface area contributed by atoms with Crippen molar-refractivity contribution < 1.29 is 5.11 Å². The lowest BCUT2D eigenvalue weighted by Gasteiger charge is -2.27. The second-order valence-corrected chi connectivity index (χ2v) is 6.75. The molecular weight excluding hydrogens is 268 g/mol. The van der Waals surface area contributed by atoms with Crippen molar-refractivity contribution in [3.63, 3.8) is 0 Å². The summed E-state index contributed by atoms with van der Waals surface area (Å²) in [6.07, 6.45) is 6.86. The molecule has 1 unspecified atom stereocenters. The quantitative estimate of drug-likeness (QED) is 0.846. The van der Waals surface area contributed by atoms with Crippen LogP contribution in [0.25, 0.3) is 0 Å². The van der Waals surface area contributed by atoms with Crippen molar-refractivity contribution in [3.05, 3.63) is 35.4 Å². The van der Waals surface area contributed by atoms with E-state index in [4.69, 9.17) is 5.26 Å². The lowest BCUT2D eigenvalue weighted by molar-refractivity contribution is 0.173. The number of benzene rings is 1. The number of hydrogen-bond acceptors (Lipinski definition) is 4. The minimum atomic E-state index is -0.511. The Morgan fingerprint density at radius 2 is 2.00 bits per heavy atom. The molecule has 1 saturated carbocycles. The van der Waals surface area contributed by atoms with Gasteiger partial charge >= 0.3 is 0 Å². The Morgan fingerprint density at radius 3 is 2.55 bits per heavy atom. The molecule has 0 amide bonds. The van der Waals surface area contributed by atoms with E-state index < -0.39 is 6.10 Å². The highest BCUT2D eigenvalue weighted by atomic mass is 32.2. The number of thioether (sulfide) groups is 1. The van der Waals surface area contributed by atoms with E-state index in [0.29, 0.717) is 16.9 Å². The zero-order chi connectivity index (χ0) is 14.4. The molecule has 0 aromatic heterocycles.